The van der Waals surface area contributed by atoms with Gasteiger partial charge in [0.1, 0.15) is 5.75 Å². The SMILES string of the molecule is CCOCC1CC2(CCN(C(=O)COc3ccc(C)cc3)CC2)CO1. The summed E-state index contributed by atoms with van der Waals surface area (Å²) in [6.45, 7) is 7.95. The molecule has 0 aromatic heterocycles. The van der Waals surface area contributed by atoms with Gasteiger partial charge in [-0.3, -0.25) is 4.79 Å². The van der Waals surface area contributed by atoms with Crippen LogP contribution in [0.3, 0.4) is 0 Å². The van der Waals surface area contributed by atoms with Crippen LogP contribution < -0.4 is 4.74 Å². The number of ether oxygens (including phenoxy) is 3. The molecule has 2 aliphatic heterocycles. The lowest BCUT2D eigenvalue weighted by Gasteiger charge is -2.38. The van der Waals surface area contributed by atoms with Gasteiger partial charge in [0.25, 0.3) is 5.91 Å². The molecule has 3 rings (SSSR count). The summed E-state index contributed by atoms with van der Waals surface area (Å²) in [5.41, 5.74) is 1.41. The van der Waals surface area contributed by atoms with Crippen molar-refractivity contribution in [2.45, 2.75) is 39.2 Å². The number of nitrogens with zero attached hydrogens (tertiary/aromatic N) is 1. The van der Waals surface area contributed by atoms with E-state index < -0.39 is 0 Å². The second kappa shape index (κ2) is 8.19. The van der Waals surface area contributed by atoms with Crippen LogP contribution in [-0.2, 0) is 14.3 Å². The largest absolute Gasteiger partial charge is 0.484 e. The highest BCUT2D eigenvalue weighted by Gasteiger charge is 2.43. The van der Waals surface area contributed by atoms with Gasteiger partial charge in [-0.25, -0.2) is 0 Å². The van der Waals surface area contributed by atoms with Gasteiger partial charge in [0.15, 0.2) is 6.61 Å². The Kier molecular flexibility index (Phi) is 5.97. The summed E-state index contributed by atoms with van der Waals surface area (Å²) in [6.07, 6.45) is 3.28. The Bertz CT molecular complexity index is 564. The fourth-order valence-corrected chi connectivity index (χ4v) is 3.70. The van der Waals surface area contributed by atoms with Crippen LogP contribution in [0.1, 0.15) is 31.7 Å². The summed E-state index contributed by atoms with van der Waals surface area (Å²) >= 11 is 0. The number of hydrogen-bond acceptors (Lipinski definition) is 4. The van der Waals surface area contributed by atoms with Gasteiger partial charge in [0, 0.05) is 19.7 Å². The zero-order chi connectivity index (χ0) is 17.7. The van der Waals surface area contributed by atoms with E-state index >= 15 is 0 Å². The van der Waals surface area contributed by atoms with Gasteiger partial charge in [-0.05, 0) is 50.7 Å². The van der Waals surface area contributed by atoms with Crippen molar-refractivity contribution in [2.75, 3.05) is 39.5 Å². The lowest BCUT2D eigenvalue weighted by Crippen LogP contribution is -2.45. The molecule has 1 spiro atoms. The Balaban J connectivity index is 1.42. The third kappa shape index (κ3) is 4.73. The van der Waals surface area contributed by atoms with Crippen LogP contribution in [0.5, 0.6) is 5.75 Å². The Morgan fingerprint density at radius 3 is 2.68 bits per heavy atom. The van der Waals surface area contributed by atoms with E-state index in [-0.39, 0.29) is 24.0 Å². The van der Waals surface area contributed by atoms with E-state index in [0.29, 0.717) is 6.61 Å². The minimum absolute atomic E-state index is 0.0696. The fraction of sp³-hybridized carbons (Fsp3) is 0.650. The molecular formula is C20H29NO4. The molecule has 138 valence electrons. The first kappa shape index (κ1) is 18.2. The summed E-state index contributed by atoms with van der Waals surface area (Å²) in [5, 5.41) is 0. The van der Waals surface area contributed by atoms with Gasteiger partial charge in [-0.15, -0.1) is 0 Å². The maximum atomic E-state index is 12.4. The van der Waals surface area contributed by atoms with E-state index in [2.05, 4.69) is 0 Å². The molecule has 0 N–H and O–H groups in total. The van der Waals surface area contributed by atoms with Crippen LogP contribution in [-0.4, -0.2) is 56.4 Å². The van der Waals surface area contributed by atoms with E-state index in [9.17, 15) is 4.79 Å². The molecular weight excluding hydrogens is 318 g/mol. The van der Waals surface area contributed by atoms with Gasteiger partial charge in [-0.2, -0.15) is 0 Å². The first-order valence-electron chi connectivity index (χ1n) is 9.27. The van der Waals surface area contributed by atoms with Crippen LogP contribution in [0.4, 0.5) is 0 Å². The number of aryl methyl sites for hydroxylation is 1. The van der Waals surface area contributed by atoms with Crippen molar-refractivity contribution in [3.05, 3.63) is 29.8 Å². The van der Waals surface area contributed by atoms with Crippen molar-refractivity contribution in [1.82, 2.24) is 4.90 Å². The van der Waals surface area contributed by atoms with Crippen molar-refractivity contribution in [3.8, 4) is 5.75 Å². The maximum absolute atomic E-state index is 12.4. The fourth-order valence-electron chi connectivity index (χ4n) is 3.70. The van der Waals surface area contributed by atoms with Crippen LogP contribution in [0.2, 0.25) is 0 Å². The first-order valence-corrected chi connectivity index (χ1v) is 9.27. The Morgan fingerprint density at radius 1 is 1.28 bits per heavy atom. The molecule has 1 atom stereocenters. The number of carbonyl (C=O) groups excluding carboxylic acids is 1. The summed E-state index contributed by atoms with van der Waals surface area (Å²) in [7, 11) is 0. The normalized spacial score (nSPS) is 22.3. The van der Waals surface area contributed by atoms with E-state index in [1.165, 1.54) is 5.56 Å². The van der Waals surface area contributed by atoms with Crippen molar-refractivity contribution in [3.63, 3.8) is 0 Å². The topological polar surface area (TPSA) is 48.0 Å². The minimum atomic E-state index is 0.0696. The van der Waals surface area contributed by atoms with Crippen molar-refractivity contribution in [1.29, 1.82) is 0 Å². The monoisotopic (exact) mass is 347 g/mol. The number of carbonyl (C=O) groups is 1. The van der Waals surface area contributed by atoms with E-state index in [0.717, 1.165) is 51.3 Å². The van der Waals surface area contributed by atoms with Gasteiger partial charge < -0.3 is 19.1 Å². The average Bonchev–Trinajstić information content (AvgIpc) is 3.02. The zero-order valence-corrected chi connectivity index (χ0v) is 15.3. The molecule has 1 aromatic rings. The van der Waals surface area contributed by atoms with Crippen LogP contribution in [0.15, 0.2) is 24.3 Å². The minimum Gasteiger partial charge on any atom is -0.484 e. The molecule has 1 aromatic carbocycles. The molecule has 1 amide bonds. The van der Waals surface area contributed by atoms with Gasteiger partial charge >= 0.3 is 0 Å². The second-order valence-electron chi connectivity index (χ2n) is 7.28. The molecule has 5 heteroatoms. The highest BCUT2D eigenvalue weighted by molar-refractivity contribution is 5.77. The summed E-state index contributed by atoms with van der Waals surface area (Å²) in [4.78, 5) is 14.3. The molecule has 2 aliphatic rings. The van der Waals surface area contributed by atoms with Crippen molar-refractivity contribution < 1.29 is 19.0 Å². The molecule has 0 radical (unpaired) electrons. The van der Waals surface area contributed by atoms with Crippen molar-refractivity contribution in [2.24, 2.45) is 5.41 Å². The number of rotatable bonds is 6. The number of piperidine rings is 1. The van der Waals surface area contributed by atoms with Crippen LogP contribution in [0, 0.1) is 12.3 Å². The molecule has 2 saturated heterocycles. The Hall–Kier alpha value is -1.59. The molecule has 2 heterocycles. The molecule has 0 aliphatic carbocycles. The van der Waals surface area contributed by atoms with Gasteiger partial charge in [0.2, 0.25) is 0 Å². The molecule has 2 fully saturated rings. The first-order chi connectivity index (χ1) is 12.1. The highest BCUT2D eigenvalue weighted by atomic mass is 16.5. The Morgan fingerprint density at radius 2 is 2.00 bits per heavy atom. The average molecular weight is 347 g/mol. The Labute approximate surface area is 150 Å². The molecule has 25 heavy (non-hydrogen) atoms. The van der Waals surface area contributed by atoms with Crippen molar-refractivity contribution >= 4 is 5.91 Å². The zero-order valence-electron chi connectivity index (χ0n) is 15.3. The third-order valence-corrected chi connectivity index (χ3v) is 5.35. The summed E-state index contributed by atoms with van der Waals surface area (Å²) < 4.78 is 17.0. The summed E-state index contributed by atoms with van der Waals surface area (Å²) in [6, 6.07) is 7.79. The van der Waals surface area contributed by atoms with Crippen LogP contribution in [0.25, 0.3) is 0 Å². The standard InChI is InChI=1S/C20H29NO4/c1-3-23-13-18-12-20(15-25-18)8-10-21(11-9-20)19(22)14-24-17-6-4-16(2)5-7-17/h4-7,18H,3,8-15H2,1-2H3. The maximum Gasteiger partial charge on any atom is 0.260 e. The quantitative estimate of drug-likeness (QED) is 0.794. The van der Waals surface area contributed by atoms with Crippen LogP contribution >= 0.6 is 0 Å². The molecule has 0 saturated carbocycles. The second-order valence-corrected chi connectivity index (χ2v) is 7.28. The number of benzene rings is 1. The molecule has 0 bridgehead atoms. The third-order valence-electron chi connectivity index (χ3n) is 5.35. The molecule has 5 nitrogen and oxygen atoms in total. The van der Waals surface area contributed by atoms with Gasteiger partial charge in [0.05, 0.1) is 19.3 Å². The predicted molar refractivity (Wildman–Crippen MR) is 95.8 cm³/mol. The summed E-state index contributed by atoms with van der Waals surface area (Å²) in [5.74, 6) is 0.815. The van der Waals surface area contributed by atoms with Gasteiger partial charge in [-0.1, -0.05) is 17.7 Å². The smallest absolute Gasteiger partial charge is 0.260 e. The highest BCUT2D eigenvalue weighted by Crippen LogP contribution is 2.42. The molecule has 1 unspecified atom stereocenters. The number of amides is 1. The number of hydrogen-bond donors (Lipinski definition) is 0. The lowest BCUT2D eigenvalue weighted by atomic mass is 9.76. The predicted octanol–water partition coefficient (Wildman–Crippen LogP) is 2.81. The number of likely N-dealkylation sites (tertiary alicyclic amines) is 1. The van der Waals surface area contributed by atoms with E-state index in [4.69, 9.17) is 14.2 Å². The van der Waals surface area contributed by atoms with E-state index in [1.54, 1.807) is 0 Å². The van der Waals surface area contributed by atoms with E-state index in [1.807, 2.05) is 43.0 Å². The lowest BCUT2D eigenvalue weighted by molar-refractivity contribution is -0.135.